The van der Waals surface area contributed by atoms with E-state index in [1.54, 1.807) is 60.7 Å². The highest BCUT2D eigenvalue weighted by molar-refractivity contribution is 7.80. The second-order valence-corrected chi connectivity index (χ2v) is 29.9. The summed E-state index contributed by atoms with van der Waals surface area (Å²) in [6.45, 7) is -0.0605. The quantitative estimate of drug-likeness (QED) is 0.0144. The van der Waals surface area contributed by atoms with Crippen LogP contribution in [-0.2, 0) is 125 Å². The van der Waals surface area contributed by atoms with Crippen LogP contribution in [0.2, 0.25) is 0 Å². The van der Waals surface area contributed by atoms with Gasteiger partial charge in [0, 0.05) is 67.9 Å². The van der Waals surface area contributed by atoms with Crippen molar-refractivity contribution in [2.24, 2.45) is 22.9 Å². The highest BCUT2D eigenvalue weighted by Gasteiger charge is 2.43. The molecule has 0 bridgehead atoms. The number of primary amides is 4. The van der Waals surface area contributed by atoms with Crippen LogP contribution in [0.1, 0.15) is 101 Å². The number of nitrogens with zero attached hydrogens (tertiary/aromatic N) is 1. The lowest BCUT2D eigenvalue weighted by Crippen LogP contribution is -2.62. The summed E-state index contributed by atoms with van der Waals surface area (Å²) in [5.74, 6) is -28.2. The van der Waals surface area contributed by atoms with Crippen LogP contribution in [0, 0.1) is 0 Å². The molecular weight excluding hydrogens is 1720 g/mol. The number of benzene rings is 3. The molecule has 1 aliphatic heterocycles. The number of thiol groups is 1. The Hall–Kier alpha value is -13.9. The molecule has 3 aromatic carbocycles. The van der Waals surface area contributed by atoms with Crippen molar-refractivity contribution in [2.75, 3.05) is 31.3 Å². The number of aliphatic hydroxyl groups is 2. The monoisotopic (exact) mass is 1820 g/mol. The number of carbonyl (C=O) groups excluding carboxylic acids is 19. The van der Waals surface area contributed by atoms with Crippen LogP contribution >= 0.6 is 24.2 Å². The zero-order valence-corrected chi connectivity index (χ0v) is 70.2. The van der Waals surface area contributed by atoms with Crippen LogP contribution < -0.4 is 97.4 Å². The van der Waals surface area contributed by atoms with Crippen molar-refractivity contribution >= 4 is 165 Å². The molecular formula is C78H103ClN20O27S. The molecule has 1 aromatic heterocycles. The highest BCUT2D eigenvalue weighted by Crippen LogP contribution is 2.23. The number of para-hydroxylation sites is 1. The number of aliphatic hydroxyl groups excluding tert-OH is 2. The normalized spacial score (nSPS) is 15.5. The van der Waals surface area contributed by atoms with Gasteiger partial charge in [0.25, 0.3) is 0 Å². The fourth-order valence-electron chi connectivity index (χ4n) is 12.9. The molecule has 28 N–H and O–H groups in total. The molecule has 0 unspecified atom stereocenters. The van der Waals surface area contributed by atoms with E-state index in [-0.39, 0.29) is 31.6 Å². The third kappa shape index (κ3) is 34.6. The number of H-pyrrole nitrogens is 1. The lowest BCUT2D eigenvalue weighted by molar-refractivity contribution is -0.143. The number of nitrogens with one attached hydrogen (secondary N) is 15. The van der Waals surface area contributed by atoms with Crippen LogP contribution in [0.4, 0.5) is 0 Å². The molecule has 47 nitrogen and oxygen atoms in total. The molecule has 0 radical (unpaired) electrons. The van der Waals surface area contributed by atoms with Crippen molar-refractivity contribution in [2.45, 2.75) is 194 Å². The molecule has 5 rings (SSSR count). The number of aliphatic carboxylic acids is 3. The molecule has 15 atom stereocenters. The first kappa shape index (κ1) is 104. The van der Waals surface area contributed by atoms with E-state index in [0.717, 1.165) is 18.7 Å². The Morgan fingerprint density at radius 1 is 0.449 bits per heavy atom. The first-order valence-electron chi connectivity index (χ1n) is 39.4. The zero-order chi connectivity index (χ0) is 94.5. The predicted octanol–water partition coefficient (Wildman–Crippen LogP) is -9.13. The zero-order valence-electron chi connectivity index (χ0n) is 68.6. The average Bonchev–Trinajstić information content (AvgIpc) is 1.73. The molecule has 49 heteroatoms. The second kappa shape index (κ2) is 51.4. The number of aromatic nitrogens is 1. The standard InChI is InChI=1S/C78H103ClN20O27S/c1-37(65(113)91-52(31-63(111)112)74(122)98-64(38(2)101)77(125)95-49(28-41-33-84-43-17-10-9-16-42(41)43)71(119)90-46(20-23-57(81)103)78(126)99-25-11-18-55(99)76(124)97-54(36-127)66(114)85-34-59(83)105)86-75(123)53(35-100)96-68(116)44(19-22-56(80)102)88-73(121)51(30-62(109)110)94-67(115)45(21-24-61(107)108)89-70(118)48(27-40-14-7-4-8-15-40)92-72(120)50(29-58(82)104)93-69(117)47(87-60(106)32-79)26-39-12-5-3-6-13-39/h3-10,12-17,33,37-38,44-55,64,84,100-101,127H,11,18-32,34-36H2,1-2H3,(H2,80,102)(H2,81,103)(H2,82,104)(H2,83,105)(H,85,114)(H,86,123)(H,87,106)(H,88,121)(H,89,118)(H,90,119)(H,91,113)(H,92,120)(H,93,117)(H,94,115)(H,95,125)(H,96,116)(H,97,124)(H,98,122)(H,107,108)(H,109,110)(H,111,112)/t37-,38+,44-,45-,46-,47-,48-,49-,50-,51-,52-,53-,54-,55-,64-/m0/s1. The highest BCUT2D eigenvalue weighted by atomic mass is 35.5. The third-order valence-electron chi connectivity index (χ3n) is 19.4. The van der Waals surface area contributed by atoms with Crippen LogP contribution in [0.3, 0.4) is 0 Å². The van der Waals surface area contributed by atoms with E-state index in [2.05, 4.69) is 86.7 Å². The summed E-state index contributed by atoms with van der Waals surface area (Å²) in [4.78, 5) is 299. The number of halogens is 1. The van der Waals surface area contributed by atoms with Gasteiger partial charge < -0.3 is 133 Å². The Morgan fingerprint density at radius 2 is 0.874 bits per heavy atom. The molecule has 19 amide bonds. The maximum absolute atomic E-state index is 14.7. The van der Waals surface area contributed by atoms with Crippen molar-refractivity contribution in [3.05, 3.63) is 108 Å². The first-order valence-corrected chi connectivity index (χ1v) is 40.6. The number of fused-ring (bicyclic) bond motifs is 1. The van der Waals surface area contributed by atoms with Gasteiger partial charge in [0.1, 0.15) is 90.5 Å². The fraction of sp³-hybridized carbons (Fsp3) is 0.462. The van der Waals surface area contributed by atoms with Crippen molar-refractivity contribution in [1.82, 2.24) is 84.3 Å². The summed E-state index contributed by atoms with van der Waals surface area (Å²) in [5, 5.41) is 83.3. The number of hydrogen-bond donors (Lipinski definition) is 25. The van der Waals surface area contributed by atoms with Gasteiger partial charge in [0.2, 0.25) is 112 Å². The maximum atomic E-state index is 14.7. The van der Waals surface area contributed by atoms with Crippen molar-refractivity contribution in [1.29, 1.82) is 0 Å². The lowest BCUT2D eigenvalue weighted by Gasteiger charge is -2.31. The molecule has 0 aliphatic carbocycles. The summed E-state index contributed by atoms with van der Waals surface area (Å²) in [6.07, 6.45) is -8.98. The largest absolute Gasteiger partial charge is 0.481 e. The van der Waals surface area contributed by atoms with Gasteiger partial charge in [-0.05, 0) is 68.7 Å². The predicted molar refractivity (Wildman–Crippen MR) is 445 cm³/mol. The number of rotatable bonds is 54. The topological polar surface area (TPSA) is 768 Å². The van der Waals surface area contributed by atoms with Crippen LogP contribution in [-0.4, -0.2) is 288 Å². The molecule has 1 aliphatic rings. The van der Waals surface area contributed by atoms with Gasteiger partial charge in [-0.25, -0.2) is 0 Å². The van der Waals surface area contributed by atoms with E-state index in [1.165, 1.54) is 30.5 Å². The second-order valence-electron chi connectivity index (χ2n) is 29.3. The van der Waals surface area contributed by atoms with E-state index >= 15 is 0 Å². The minimum atomic E-state index is -2.29. The van der Waals surface area contributed by atoms with E-state index in [0.29, 0.717) is 27.6 Å². The molecule has 4 aromatic rings. The third-order valence-corrected chi connectivity index (χ3v) is 20.0. The summed E-state index contributed by atoms with van der Waals surface area (Å²) in [6, 6.07) is -3.32. The smallest absolute Gasteiger partial charge is 0.305 e. The number of carboxylic acid groups (broad SMARTS) is 3. The number of hydrogen-bond acceptors (Lipinski definition) is 25. The summed E-state index contributed by atoms with van der Waals surface area (Å²) in [5.41, 5.74) is 23.2. The molecule has 0 spiro atoms. The van der Waals surface area contributed by atoms with Gasteiger partial charge in [-0.3, -0.25) is 105 Å². The van der Waals surface area contributed by atoms with E-state index in [1.807, 2.05) is 5.32 Å². The molecule has 2 heterocycles. The number of alkyl halides is 1. The molecule has 1 fully saturated rings. The van der Waals surface area contributed by atoms with Gasteiger partial charge in [0.15, 0.2) is 0 Å². The number of carbonyl (C=O) groups is 22. The molecule has 1 saturated heterocycles. The minimum absolute atomic E-state index is 0.0440. The van der Waals surface area contributed by atoms with Crippen LogP contribution in [0.15, 0.2) is 91.1 Å². The van der Waals surface area contributed by atoms with Gasteiger partial charge in [-0.1, -0.05) is 78.9 Å². The number of aromatic amines is 1. The number of nitrogens with two attached hydrogens (primary N) is 4. The van der Waals surface area contributed by atoms with Gasteiger partial charge in [-0.2, -0.15) is 12.6 Å². The van der Waals surface area contributed by atoms with Crippen LogP contribution in [0.25, 0.3) is 10.9 Å². The van der Waals surface area contributed by atoms with Crippen molar-refractivity contribution in [3.63, 3.8) is 0 Å². The van der Waals surface area contributed by atoms with E-state index in [4.69, 9.17) is 34.5 Å². The number of likely N-dealkylation sites (tertiary alicyclic amines) is 1. The van der Waals surface area contributed by atoms with E-state index < -0.39 is 310 Å². The fourth-order valence-corrected chi connectivity index (χ4v) is 13.2. The Labute approximate surface area is 733 Å². The molecule has 690 valence electrons. The first-order chi connectivity index (χ1) is 60.0. The average molecular weight is 1820 g/mol. The van der Waals surface area contributed by atoms with Crippen LogP contribution in [0.5, 0.6) is 0 Å². The van der Waals surface area contributed by atoms with Crippen molar-refractivity contribution in [3.8, 4) is 0 Å². The number of amides is 19. The van der Waals surface area contributed by atoms with E-state index in [9.17, 15) is 131 Å². The Kier molecular flexibility index (Phi) is 41.9. The summed E-state index contributed by atoms with van der Waals surface area (Å²) >= 11 is 9.83. The van der Waals surface area contributed by atoms with Crippen molar-refractivity contribution < 1.29 is 131 Å². The summed E-state index contributed by atoms with van der Waals surface area (Å²) < 4.78 is 0. The minimum Gasteiger partial charge on any atom is -0.481 e. The summed E-state index contributed by atoms with van der Waals surface area (Å²) in [7, 11) is 0. The van der Waals surface area contributed by atoms with Gasteiger partial charge in [0.05, 0.1) is 38.5 Å². The van der Waals surface area contributed by atoms with Gasteiger partial charge in [-0.15, -0.1) is 11.6 Å². The Bertz CT molecular complexity index is 4680. The SMILES string of the molecule is C[C@H](NC(=O)[C@H](CO)NC(=O)[C@H](CCC(N)=O)NC(=O)[C@H](CC(=O)O)NC(=O)[C@H](CCC(=O)O)NC(=O)[C@H](Cc1ccccc1)NC(=O)[C@H](CC(N)=O)NC(=O)[C@H](Cc1ccccc1)NC(=O)CCl)C(=O)N[C@@H](CC(=O)O)C(=O)N[C@H](C(=O)N[C@@H](Cc1c[nH]c2ccccc12)C(=O)N[C@@H](CCC(N)=O)C(=O)N1CCC[C@H]1C(=O)N[C@@H](CS)C(=O)NCC(N)=O)[C@@H](C)O. The Morgan fingerprint density at radius 3 is 1.36 bits per heavy atom. The molecule has 127 heavy (non-hydrogen) atoms. The lowest BCUT2D eigenvalue weighted by atomic mass is 10.0. The maximum Gasteiger partial charge on any atom is 0.305 e. The molecule has 0 saturated carbocycles. The number of carboxylic acids is 3. The van der Waals surface area contributed by atoms with Gasteiger partial charge >= 0.3 is 17.9 Å². The Balaban J connectivity index is 1.33.